The summed E-state index contributed by atoms with van der Waals surface area (Å²) < 4.78 is 16.7. The van der Waals surface area contributed by atoms with Crippen LogP contribution in [0.1, 0.15) is 44.1 Å². The normalized spacial score (nSPS) is 20.4. The topological polar surface area (TPSA) is 56.8 Å². The van der Waals surface area contributed by atoms with Gasteiger partial charge in [0.25, 0.3) is 0 Å². The van der Waals surface area contributed by atoms with E-state index in [-0.39, 0.29) is 12.0 Å². The number of benzene rings is 2. The van der Waals surface area contributed by atoms with Gasteiger partial charge in [0.2, 0.25) is 5.91 Å². The Morgan fingerprint density at radius 2 is 1.72 bits per heavy atom. The van der Waals surface area contributed by atoms with Crippen LogP contribution in [0, 0.1) is 0 Å². The molecule has 1 aliphatic heterocycles. The number of amides is 1. The highest BCUT2D eigenvalue weighted by Crippen LogP contribution is 2.42. The first kappa shape index (κ1) is 19.8. The van der Waals surface area contributed by atoms with E-state index in [9.17, 15) is 4.79 Å². The fourth-order valence-electron chi connectivity index (χ4n) is 4.39. The molecule has 2 aromatic carbocycles. The summed E-state index contributed by atoms with van der Waals surface area (Å²) in [5.74, 6) is 1.67. The summed E-state index contributed by atoms with van der Waals surface area (Å²) in [6, 6.07) is 15.5. The van der Waals surface area contributed by atoms with Crippen molar-refractivity contribution < 1.29 is 19.0 Å². The molecule has 2 fully saturated rings. The highest BCUT2D eigenvalue weighted by atomic mass is 16.5. The zero-order valence-corrected chi connectivity index (χ0v) is 17.0. The van der Waals surface area contributed by atoms with Crippen molar-refractivity contribution in [2.45, 2.75) is 50.0 Å². The van der Waals surface area contributed by atoms with Crippen molar-refractivity contribution in [2.24, 2.45) is 0 Å². The largest absolute Gasteiger partial charge is 0.497 e. The van der Waals surface area contributed by atoms with E-state index in [1.165, 1.54) is 0 Å². The summed E-state index contributed by atoms with van der Waals surface area (Å²) in [4.78, 5) is 13.3. The van der Waals surface area contributed by atoms with Crippen LogP contribution in [0.15, 0.2) is 48.5 Å². The summed E-state index contributed by atoms with van der Waals surface area (Å²) in [7, 11) is 1.65. The van der Waals surface area contributed by atoms with Crippen molar-refractivity contribution in [1.82, 2.24) is 0 Å². The molecule has 1 unspecified atom stereocenters. The Labute approximate surface area is 172 Å². The molecule has 1 atom stereocenters. The lowest BCUT2D eigenvalue weighted by atomic mass is 9.78. The predicted octanol–water partition coefficient (Wildman–Crippen LogP) is 4.70. The van der Waals surface area contributed by atoms with E-state index in [0.29, 0.717) is 6.61 Å². The van der Waals surface area contributed by atoms with Crippen LogP contribution < -0.4 is 14.8 Å². The number of nitrogens with one attached hydrogen (secondary N) is 1. The lowest BCUT2D eigenvalue weighted by molar-refractivity contribution is -0.121. The third-order valence-corrected chi connectivity index (χ3v) is 6.11. The summed E-state index contributed by atoms with van der Waals surface area (Å²) in [6.07, 6.45) is 6.23. The van der Waals surface area contributed by atoms with Crippen molar-refractivity contribution in [1.29, 1.82) is 0 Å². The van der Waals surface area contributed by atoms with Gasteiger partial charge in [0.05, 0.1) is 18.6 Å². The summed E-state index contributed by atoms with van der Waals surface area (Å²) in [6.45, 7) is 1.40. The maximum Gasteiger partial charge on any atom is 0.235 e. The number of carbonyl (C=O) groups is 1. The molecular weight excluding hydrogens is 366 g/mol. The molecule has 0 aromatic heterocycles. The smallest absolute Gasteiger partial charge is 0.235 e. The number of methoxy groups -OCH3 is 1. The van der Waals surface area contributed by atoms with Gasteiger partial charge in [0, 0.05) is 12.3 Å². The maximum absolute atomic E-state index is 13.3. The number of hydrogen-bond acceptors (Lipinski definition) is 4. The number of ether oxygens (including phenoxy) is 3. The molecular formula is C24H29NO4. The van der Waals surface area contributed by atoms with Crippen LogP contribution in [0.2, 0.25) is 0 Å². The molecule has 1 saturated heterocycles. The second-order valence-electron chi connectivity index (χ2n) is 7.94. The van der Waals surface area contributed by atoms with E-state index in [0.717, 1.165) is 67.9 Å². The fraction of sp³-hybridized carbons (Fsp3) is 0.458. The highest BCUT2D eigenvalue weighted by molar-refractivity contribution is 5.99. The minimum Gasteiger partial charge on any atom is -0.497 e. The van der Waals surface area contributed by atoms with Crippen molar-refractivity contribution >= 4 is 11.6 Å². The molecule has 1 saturated carbocycles. The number of hydrogen-bond donors (Lipinski definition) is 1. The third-order valence-electron chi connectivity index (χ3n) is 6.11. The molecule has 4 rings (SSSR count). The molecule has 0 bridgehead atoms. The van der Waals surface area contributed by atoms with E-state index in [4.69, 9.17) is 14.2 Å². The first-order valence-electron chi connectivity index (χ1n) is 10.5. The summed E-state index contributed by atoms with van der Waals surface area (Å²) in [5, 5.41) is 3.13. The Morgan fingerprint density at radius 3 is 2.34 bits per heavy atom. The summed E-state index contributed by atoms with van der Waals surface area (Å²) in [5.41, 5.74) is 1.38. The van der Waals surface area contributed by atoms with Crippen molar-refractivity contribution in [3.63, 3.8) is 0 Å². The number of rotatable bonds is 7. The standard InChI is InChI=1S/C24H29NO4/c1-27-20-10-6-18(7-11-20)24(14-2-3-15-24)23(26)25-19-8-12-21(13-9-19)29-17-22-5-4-16-28-22/h6-13,22H,2-5,14-17H2,1H3,(H,25,26). The van der Waals surface area contributed by atoms with Crippen molar-refractivity contribution in [3.8, 4) is 11.5 Å². The Kier molecular flexibility index (Phi) is 6.05. The number of carbonyl (C=O) groups excluding carboxylic acids is 1. The Balaban J connectivity index is 1.42. The van der Waals surface area contributed by atoms with E-state index in [1.54, 1.807) is 7.11 Å². The number of anilines is 1. The minimum atomic E-state index is -0.471. The third kappa shape index (κ3) is 4.40. The molecule has 1 amide bonds. The van der Waals surface area contributed by atoms with Crippen LogP contribution in [0.4, 0.5) is 5.69 Å². The first-order chi connectivity index (χ1) is 14.2. The molecule has 2 aromatic rings. The van der Waals surface area contributed by atoms with Gasteiger partial charge in [-0.05, 0) is 67.6 Å². The van der Waals surface area contributed by atoms with Crippen LogP contribution >= 0.6 is 0 Å². The molecule has 0 radical (unpaired) electrons. The lowest BCUT2D eigenvalue weighted by Gasteiger charge is -2.28. The molecule has 5 heteroatoms. The lowest BCUT2D eigenvalue weighted by Crippen LogP contribution is -2.37. The maximum atomic E-state index is 13.3. The Hall–Kier alpha value is -2.53. The Morgan fingerprint density at radius 1 is 1.03 bits per heavy atom. The Bertz CT molecular complexity index is 804. The van der Waals surface area contributed by atoms with Gasteiger partial charge in [0.15, 0.2) is 0 Å². The molecule has 154 valence electrons. The molecule has 1 heterocycles. The van der Waals surface area contributed by atoms with Gasteiger partial charge < -0.3 is 19.5 Å². The first-order valence-corrected chi connectivity index (χ1v) is 10.5. The van der Waals surface area contributed by atoms with E-state index < -0.39 is 5.41 Å². The van der Waals surface area contributed by atoms with Crippen LogP contribution in [0.25, 0.3) is 0 Å². The van der Waals surface area contributed by atoms with Crippen LogP contribution in [-0.2, 0) is 14.9 Å². The molecule has 0 spiro atoms. The van der Waals surface area contributed by atoms with Crippen molar-refractivity contribution in [2.75, 3.05) is 25.6 Å². The molecule has 1 aliphatic carbocycles. The van der Waals surface area contributed by atoms with Gasteiger partial charge in [-0.2, -0.15) is 0 Å². The average molecular weight is 395 g/mol. The highest BCUT2D eigenvalue weighted by Gasteiger charge is 2.42. The molecule has 5 nitrogen and oxygen atoms in total. The van der Waals surface area contributed by atoms with Crippen molar-refractivity contribution in [3.05, 3.63) is 54.1 Å². The van der Waals surface area contributed by atoms with Gasteiger partial charge in [-0.15, -0.1) is 0 Å². The monoisotopic (exact) mass is 395 g/mol. The zero-order chi connectivity index (χ0) is 20.1. The molecule has 29 heavy (non-hydrogen) atoms. The predicted molar refractivity (Wildman–Crippen MR) is 113 cm³/mol. The quantitative estimate of drug-likeness (QED) is 0.738. The van der Waals surface area contributed by atoms with Gasteiger partial charge in [-0.1, -0.05) is 25.0 Å². The minimum absolute atomic E-state index is 0.0631. The van der Waals surface area contributed by atoms with Gasteiger partial charge >= 0.3 is 0 Å². The second kappa shape index (κ2) is 8.87. The van der Waals surface area contributed by atoms with Crippen LogP contribution in [0.5, 0.6) is 11.5 Å². The van der Waals surface area contributed by atoms with Crippen LogP contribution in [0.3, 0.4) is 0 Å². The zero-order valence-electron chi connectivity index (χ0n) is 17.0. The van der Waals surface area contributed by atoms with Gasteiger partial charge in [0.1, 0.15) is 18.1 Å². The average Bonchev–Trinajstić information content (AvgIpc) is 3.46. The fourth-order valence-corrected chi connectivity index (χ4v) is 4.39. The van der Waals surface area contributed by atoms with E-state index in [1.807, 2.05) is 48.5 Å². The second-order valence-corrected chi connectivity index (χ2v) is 7.94. The summed E-state index contributed by atoms with van der Waals surface area (Å²) >= 11 is 0. The van der Waals surface area contributed by atoms with Gasteiger partial charge in [-0.25, -0.2) is 0 Å². The van der Waals surface area contributed by atoms with E-state index >= 15 is 0 Å². The SMILES string of the molecule is COc1ccc(C2(C(=O)Nc3ccc(OCC4CCCO4)cc3)CCCC2)cc1. The van der Waals surface area contributed by atoms with Gasteiger partial charge in [-0.3, -0.25) is 4.79 Å². The molecule has 1 N–H and O–H groups in total. The molecule has 2 aliphatic rings. The van der Waals surface area contributed by atoms with E-state index in [2.05, 4.69) is 5.32 Å². The van der Waals surface area contributed by atoms with Crippen LogP contribution in [-0.4, -0.2) is 32.3 Å².